The van der Waals surface area contributed by atoms with Gasteiger partial charge in [0.05, 0.1) is 0 Å². The molecule has 0 radical (unpaired) electrons. The first-order valence-electron chi connectivity index (χ1n) is 17.6. The Morgan fingerprint density at radius 2 is 1.27 bits per heavy atom. The maximum atomic E-state index is 14.6. The molecule has 3 aromatic rings. The van der Waals surface area contributed by atoms with Crippen LogP contribution in [0.5, 0.6) is 0 Å². The average Bonchev–Trinajstić information content (AvgIpc) is 3.11. The van der Waals surface area contributed by atoms with Crippen LogP contribution in [0.3, 0.4) is 0 Å². The monoisotopic (exact) mass is 696 g/mol. The fraction of sp³-hybridized carbons (Fsp3) is 0.415. The summed E-state index contributed by atoms with van der Waals surface area (Å²) in [6.45, 7) is 4.23. The van der Waals surface area contributed by atoms with Gasteiger partial charge in [-0.15, -0.1) is 0 Å². The zero-order valence-corrected chi connectivity index (χ0v) is 31.0. The van der Waals surface area contributed by atoms with E-state index in [1.165, 1.54) is 20.8 Å². The number of hydrogen-bond donors (Lipinski definition) is 3. The second kappa shape index (κ2) is 19.6. The summed E-state index contributed by atoms with van der Waals surface area (Å²) in [6, 6.07) is 24.7. The van der Waals surface area contributed by atoms with Crippen LogP contribution in [0.15, 0.2) is 97.1 Å². The number of amides is 4. The molecule has 0 bridgehead atoms. The van der Waals surface area contributed by atoms with Gasteiger partial charge in [0.15, 0.2) is 0 Å². The van der Waals surface area contributed by atoms with Gasteiger partial charge in [-0.3, -0.25) is 19.2 Å². The fourth-order valence-electron chi connectivity index (χ4n) is 5.77. The molecule has 51 heavy (non-hydrogen) atoms. The van der Waals surface area contributed by atoms with Crippen LogP contribution in [0.25, 0.3) is 11.1 Å². The first-order chi connectivity index (χ1) is 24.2. The average molecular weight is 697 g/mol. The van der Waals surface area contributed by atoms with Crippen molar-refractivity contribution in [2.45, 2.75) is 76.0 Å². The standard InChI is InChI=1S/C41H56N6O4/c1-41(2,43)26-15-21-37(48)46(5)36(29-31-22-24-33(25-23-31)32-18-11-8-12-19-32)40(51)47(6)35(28-30-16-9-7-10-17-30)38(49)44-34(20-13-14-27-42)39(50)45(3)4/h7-12,15-19,21-25,34-36H,13-14,20,26-29,42-43H2,1-6H3,(H,44,49)/b21-15+/t34-,35+,36+/m0/s1. The summed E-state index contributed by atoms with van der Waals surface area (Å²) in [6.07, 6.45) is 5.86. The molecule has 0 saturated carbocycles. The summed E-state index contributed by atoms with van der Waals surface area (Å²) < 4.78 is 0. The van der Waals surface area contributed by atoms with E-state index in [9.17, 15) is 19.2 Å². The van der Waals surface area contributed by atoms with Gasteiger partial charge in [-0.1, -0.05) is 91.0 Å². The first kappa shape index (κ1) is 40.6. The lowest BCUT2D eigenvalue weighted by Gasteiger charge is -2.35. The van der Waals surface area contributed by atoms with Crippen LogP contribution in [0, 0.1) is 0 Å². The first-order valence-corrected chi connectivity index (χ1v) is 17.6. The molecular formula is C41H56N6O4. The molecule has 0 saturated heterocycles. The highest BCUT2D eigenvalue weighted by atomic mass is 16.2. The van der Waals surface area contributed by atoms with E-state index in [1.807, 2.05) is 98.8 Å². The van der Waals surface area contributed by atoms with Crippen molar-refractivity contribution < 1.29 is 19.2 Å². The van der Waals surface area contributed by atoms with E-state index < -0.39 is 35.5 Å². The molecule has 0 aliphatic heterocycles. The van der Waals surface area contributed by atoms with Crippen molar-refractivity contribution in [2.24, 2.45) is 11.5 Å². The molecule has 0 spiro atoms. The predicted molar refractivity (Wildman–Crippen MR) is 204 cm³/mol. The molecule has 0 unspecified atom stereocenters. The Bertz CT molecular complexity index is 1590. The number of hydrogen-bond acceptors (Lipinski definition) is 6. The quantitative estimate of drug-likeness (QED) is 0.135. The molecule has 0 heterocycles. The number of unbranched alkanes of at least 4 members (excludes halogenated alkanes) is 1. The second-order valence-electron chi connectivity index (χ2n) is 14.1. The van der Waals surface area contributed by atoms with Gasteiger partial charge in [0.2, 0.25) is 23.6 Å². The van der Waals surface area contributed by atoms with Crippen molar-refractivity contribution in [3.05, 3.63) is 108 Å². The van der Waals surface area contributed by atoms with Crippen LogP contribution in [0.2, 0.25) is 0 Å². The summed E-state index contributed by atoms with van der Waals surface area (Å²) in [5, 5.41) is 2.95. The zero-order chi connectivity index (χ0) is 37.6. The summed E-state index contributed by atoms with van der Waals surface area (Å²) in [5.74, 6) is -1.44. The lowest BCUT2D eigenvalue weighted by molar-refractivity contribution is -0.146. The lowest BCUT2D eigenvalue weighted by atomic mass is 9.97. The number of nitrogens with one attached hydrogen (secondary N) is 1. The molecule has 274 valence electrons. The number of nitrogens with two attached hydrogens (primary N) is 2. The van der Waals surface area contributed by atoms with E-state index in [1.54, 1.807) is 34.3 Å². The van der Waals surface area contributed by atoms with Gasteiger partial charge in [0.1, 0.15) is 18.1 Å². The van der Waals surface area contributed by atoms with E-state index >= 15 is 0 Å². The Hall–Kier alpha value is -4.80. The van der Waals surface area contributed by atoms with Crippen molar-refractivity contribution in [3.8, 4) is 11.1 Å². The molecule has 0 aliphatic rings. The molecule has 10 nitrogen and oxygen atoms in total. The number of rotatable bonds is 18. The van der Waals surface area contributed by atoms with Crippen LogP contribution in [0.4, 0.5) is 0 Å². The normalized spacial score (nSPS) is 13.3. The number of carbonyl (C=O) groups is 4. The minimum atomic E-state index is -0.966. The highest BCUT2D eigenvalue weighted by molar-refractivity contribution is 5.96. The topological polar surface area (TPSA) is 142 Å². The Morgan fingerprint density at radius 3 is 1.84 bits per heavy atom. The second-order valence-corrected chi connectivity index (χ2v) is 14.1. The summed E-state index contributed by atoms with van der Waals surface area (Å²) in [4.78, 5) is 59.7. The number of nitrogens with zero attached hydrogens (tertiary/aromatic N) is 3. The SMILES string of the molecule is CN(C)C(=O)[C@H](CCCCN)NC(=O)[C@@H](Cc1ccccc1)N(C)C(=O)[C@@H](Cc1ccc(-c2ccccc2)cc1)N(C)C(=O)/C=C/CC(C)(C)N. The molecule has 5 N–H and O–H groups in total. The number of benzene rings is 3. The molecule has 10 heteroatoms. The van der Waals surface area contributed by atoms with Crippen LogP contribution in [-0.4, -0.2) is 96.7 Å². The van der Waals surface area contributed by atoms with Crippen LogP contribution >= 0.6 is 0 Å². The van der Waals surface area contributed by atoms with Gasteiger partial charge in [-0.25, -0.2) is 0 Å². The van der Waals surface area contributed by atoms with Crippen LogP contribution < -0.4 is 16.8 Å². The summed E-state index contributed by atoms with van der Waals surface area (Å²) >= 11 is 0. The molecule has 0 fully saturated rings. The third-order valence-electron chi connectivity index (χ3n) is 8.89. The fourth-order valence-corrected chi connectivity index (χ4v) is 5.77. The van der Waals surface area contributed by atoms with E-state index in [4.69, 9.17) is 11.5 Å². The summed E-state index contributed by atoms with van der Waals surface area (Å²) in [5.41, 5.74) is 15.1. The zero-order valence-electron chi connectivity index (χ0n) is 31.0. The molecule has 0 aliphatic carbocycles. The molecule has 0 aromatic heterocycles. The van der Waals surface area contributed by atoms with Crippen molar-refractivity contribution in [3.63, 3.8) is 0 Å². The maximum Gasteiger partial charge on any atom is 0.246 e. The van der Waals surface area contributed by atoms with Gasteiger partial charge in [0, 0.05) is 46.6 Å². The van der Waals surface area contributed by atoms with Crippen molar-refractivity contribution in [1.82, 2.24) is 20.0 Å². The maximum absolute atomic E-state index is 14.6. The Kier molecular flexibility index (Phi) is 15.6. The molecule has 3 rings (SSSR count). The largest absolute Gasteiger partial charge is 0.347 e. The minimum absolute atomic E-state index is 0.211. The number of carbonyl (C=O) groups excluding carboxylic acids is 4. The van der Waals surface area contributed by atoms with Gasteiger partial charge in [0.25, 0.3) is 0 Å². The number of likely N-dealkylation sites (N-methyl/N-ethyl adjacent to an activating group) is 3. The van der Waals surface area contributed by atoms with Crippen molar-refractivity contribution in [2.75, 3.05) is 34.7 Å². The third kappa shape index (κ3) is 12.8. The van der Waals surface area contributed by atoms with Crippen molar-refractivity contribution >= 4 is 23.6 Å². The minimum Gasteiger partial charge on any atom is -0.347 e. The van der Waals surface area contributed by atoms with Crippen molar-refractivity contribution in [1.29, 1.82) is 0 Å². The Morgan fingerprint density at radius 1 is 0.725 bits per heavy atom. The van der Waals surface area contributed by atoms with E-state index in [0.717, 1.165) is 22.3 Å². The smallest absolute Gasteiger partial charge is 0.246 e. The molecule has 3 atom stereocenters. The summed E-state index contributed by atoms with van der Waals surface area (Å²) in [7, 11) is 6.48. The highest BCUT2D eigenvalue weighted by Crippen LogP contribution is 2.22. The third-order valence-corrected chi connectivity index (χ3v) is 8.89. The Labute approximate surface area is 303 Å². The molecular weight excluding hydrogens is 640 g/mol. The highest BCUT2D eigenvalue weighted by Gasteiger charge is 2.36. The predicted octanol–water partition coefficient (Wildman–Crippen LogP) is 4.18. The van der Waals surface area contributed by atoms with E-state index in [-0.39, 0.29) is 24.7 Å². The molecule has 3 aromatic carbocycles. The van der Waals surface area contributed by atoms with Gasteiger partial charge < -0.3 is 31.5 Å². The van der Waals surface area contributed by atoms with Gasteiger partial charge in [-0.2, -0.15) is 0 Å². The van der Waals surface area contributed by atoms with E-state index in [2.05, 4.69) is 5.32 Å². The lowest BCUT2D eigenvalue weighted by Crippen LogP contribution is -2.58. The van der Waals surface area contributed by atoms with E-state index in [0.29, 0.717) is 32.2 Å². The Balaban J connectivity index is 1.98. The van der Waals surface area contributed by atoms with Crippen LogP contribution in [-0.2, 0) is 32.0 Å². The van der Waals surface area contributed by atoms with Gasteiger partial charge in [-0.05, 0) is 74.4 Å². The van der Waals surface area contributed by atoms with Crippen LogP contribution in [0.1, 0.15) is 50.7 Å². The van der Waals surface area contributed by atoms with Gasteiger partial charge >= 0.3 is 0 Å². The molecule has 4 amide bonds.